The molecule has 23 heavy (non-hydrogen) atoms. The van der Waals surface area contributed by atoms with Gasteiger partial charge >= 0.3 is 0 Å². The zero-order valence-corrected chi connectivity index (χ0v) is 15.0. The van der Waals surface area contributed by atoms with Crippen molar-refractivity contribution < 1.29 is 19.0 Å². The molecule has 0 heterocycles. The summed E-state index contributed by atoms with van der Waals surface area (Å²) in [4.78, 5) is 10.9. The molecule has 0 saturated carbocycles. The van der Waals surface area contributed by atoms with Crippen molar-refractivity contribution in [3.63, 3.8) is 0 Å². The second kappa shape index (κ2) is 8.02. The van der Waals surface area contributed by atoms with E-state index in [9.17, 15) is 4.79 Å². The first-order valence-corrected chi connectivity index (χ1v) is 8.00. The van der Waals surface area contributed by atoms with Crippen molar-refractivity contribution >= 4 is 22.2 Å². The largest absolute Gasteiger partial charge is 0.493 e. The van der Waals surface area contributed by atoms with Gasteiger partial charge in [-0.3, -0.25) is 4.79 Å². The lowest BCUT2D eigenvalue weighted by Gasteiger charge is -2.15. The fourth-order valence-corrected chi connectivity index (χ4v) is 2.84. The van der Waals surface area contributed by atoms with Crippen LogP contribution in [0.15, 0.2) is 34.8 Å². The number of ether oxygens (including phenoxy) is 3. The monoisotopic (exact) mass is 378 g/mol. The average molecular weight is 379 g/mol. The fourth-order valence-electron chi connectivity index (χ4n) is 2.26. The van der Waals surface area contributed by atoms with Crippen LogP contribution in [-0.2, 0) is 0 Å². The highest BCUT2D eigenvalue weighted by atomic mass is 79.9. The van der Waals surface area contributed by atoms with Crippen LogP contribution in [0.5, 0.6) is 17.2 Å². The number of halogens is 1. The Morgan fingerprint density at radius 2 is 1.65 bits per heavy atom. The molecule has 122 valence electrons. The van der Waals surface area contributed by atoms with Crippen molar-refractivity contribution in [2.24, 2.45) is 0 Å². The molecule has 0 radical (unpaired) electrons. The zero-order chi connectivity index (χ0) is 16.8. The second-order valence-electron chi connectivity index (χ2n) is 5.07. The maximum atomic E-state index is 10.9. The molecule has 0 bridgehead atoms. The summed E-state index contributed by atoms with van der Waals surface area (Å²) in [6.07, 6.45) is 0.765. The average Bonchev–Trinajstić information content (AvgIpc) is 2.54. The molecule has 0 aliphatic rings. The van der Waals surface area contributed by atoms with Gasteiger partial charge in [0.2, 0.25) is 0 Å². The first-order valence-electron chi connectivity index (χ1n) is 7.21. The molecule has 0 atom stereocenters. The molecule has 0 unspecified atom stereocenters. The van der Waals surface area contributed by atoms with Crippen molar-refractivity contribution in [3.8, 4) is 17.2 Å². The van der Waals surface area contributed by atoms with Gasteiger partial charge in [0.15, 0.2) is 11.5 Å². The summed E-state index contributed by atoms with van der Waals surface area (Å²) in [5, 5.41) is 0. The number of hydrogen-bond acceptors (Lipinski definition) is 4. The Kier molecular flexibility index (Phi) is 6.04. The third kappa shape index (κ3) is 4.26. The van der Waals surface area contributed by atoms with E-state index < -0.39 is 0 Å². The van der Waals surface area contributed by atoms with Crippen molar-refractivity contribution in [3.05, 3.63) is 51.5 Å². The van der Waals surface area contributed by atoms with Gasteiger partial charge in [-0.2, -0.15) is 0 Å². The lowest BCUT2D eigenvalue weighted by Crippen LogP contribution is -2.11. The Hall–Kier alpha value is -2.01. The van der Waals surface area contributed by atoms with Gasteiger partial charge < -0.3 is 14.2 Å². The van der Waals surface area contributed by atoms with Gasteiger partial charge in [0, 0.05) is 5.56 Å². The minimum absolute atomic E-state index is 0.364. The van der Waals surface area contributed by atoms with Crippen LogP contribution < -0.4 is 14.2 Å². The molecule has 0 aliphatic carbocycles. The van der Waals surface area contributed by atoms with E-state index in [1.165, 1.54) is 7.11 Å². The van der Waals surface area contributed by atoms with Gasteiger partial charge in [-0.15, -0.1) is 0 Å². The standard InChI is InChI=1S/C18H19BrO4/c1-12-5-4-6-13(2)17(12)22-7-8-23-18-15(19)9-14(11-20)10-16(18)21-3/h4-6,9-11H,7-8H2,1-3H3. The molecule has 2 aromatic carbocycles. The number of methoxy groups -OCH3 is 1. The number of carbonyl (C=O) groups excluding carboxylic acids is 1. The van der Waals surface area contributed by atoms with Gasteiger partial charge in [0.05, 0.1) is 11.6 Å². The highest BCUT2D eigenvalue weighted by Crippen LogP contribution is 2.36. The van der Waals surface area contributed by atoms with Crippen LogP contribution in [0.4, 0.5) is 0 Å². The number of aldehydes is 1. The van der Waals surface area contributed by atoms with E-state index >= 15 is 0 Å². The summed E-state index contributed by atoms with van der Waals surface area (Å²) in [6, 6.07) is 9.36. The lowest BCUT2D eigenvalue weighted by atomic mass is 10.1. The van der Waals surface area contributed by atoms with Crippen molar-refractivity contribution in [2.45, 2.75) is 13.8 Å². The Morgan fingerprint density at radius 1 is 1.04 bits per heavy atom. The summed E-state index contributed by atoms with van der Waals surface area (Å²) >= 11 is 3.40. The van der Waals surface area contributed by atoms with Crippen LogP contribution in [0, 0.1) is 13.8 Å². The minimum atomic E-state index is 0.364. The number of carbonyl (C=O) groups is 1. The molecule has 0 fully saturated rings. The SMILES string of the molecule is COc1cc(C=O)cc(Br)c1OCCOc1c(C)cccc1C. The summed E-state index contributed by atoms with van der Waals surface area (Å²) < 4.78 is 17.5. The Labute approximate surface area is 144 Å². The normalized spacial score (nSPS) is 10.3. The summed E-state index contributed by atoms with van der Waals surface area (Å²) in [5.74, 6) is 1.95. The predicted octanol–water partition coefficient (Wildman–Crippen LogP) is 4.34. The molecule has 5 heteroatoms. The first-order chi connectivity index (χ1) is 11.1. The molecule has 0 amide bonds. The van der Waals surface area contributed by atoms with Crippen LogP contribution in [-0.4, -0.2) is 26.6 Å². The maximum absolute atomic E-state index is 10.9. The van der Waals surface area contributed by atoms with E-state index in [1.807, 2.05) is 32.0 Å². The molecule has 0 saturated heterocycles. The van der Waals surface area contributed by atoms with Crippen LogP contribution in [0.25, 0.3) is 0 Å². The highest BCUT2D eigenvalue weighted by molar-refractivity contribution is 9.10. The summed E-state index contributed by atoms with van der Waals surface area (Å²) in [6.45, 7) is 4.81. The smallest absolute Gasteiger partial charge is 0.175 e. The molecule has 0 aliphatic heterocycles. The number of para-hydroxylation sites is 1. The zero-order valence-electron chi connectivity index (χ0n) is 13.4. The van der Waals surface area contributed by atoms with Crippen molar-refractivity contribution in [2.75, 3.05) is 20.3 Å². The maximum Gasteiger partial charge on any atom is 0.175 e. The van der Waals surface area contributed by atoms with Crippen molar-refractivity contribution in [1.29, 1.82) is 0 Å². The van der Waals surface area contributed by atoms with E-state index in [2.05, 4.69) is 15.9 Å². The molecule has 2 aromatic rings. The Balaban J connectivity index is 2.00. The number of hydrogen-bond donors (Lipinski definition) is 0. The predicted molar refractivity (Wildman–Crippen MR) is 93.0 cm³/mol. The van der Waals surface area contributed by atoms with E-state index in [0.717, 1.165) is 23.2 Å². The molecule has 0 aromatic heterocycles. The van der Waals surface area contributed by atoms with Gasteiger partial charge in [-0.1, -0.05) is 18.2 Å². The Morgan fingerprint density at radius 3 is 2.22 bits per heavy atom. The molecule has 2 rings (SSSR count). The third-order valence-electron chi connectivity index (χ3n) is 3.37. The molecular formula is C18H19BrO4. The lowest BCUT2D eigenvalue weighted by molar-refractivity contribution is 0.112. The fraction of sp³-hybridized carbons (Fsp3) is 0.278. The number of rotatable bonds is 7. The summed E-state index contributed by atoms with van der Waals surface area (Å²) in [7, 11) is 1.54. The number of aryl methyl sites for hydroxylation is 2. The first kappa shape index (κ1) is 17.3. The third-order valence-corrected chi connectivity index (χ3v) is 3.96. The van der Waals surface area contributed by atoms with Crippen LogP contribution >= 0.6 is 15.9 Å². The van der Waals surface area contributed by atoms with Gasteiger partial charge in [0.25, 0.3) is 0 Å². The molecular weight excluding hydrogens is 360 g/mol. The highest BCUT2D eigenvalue weighted by Gasteiger charge is 2.12. The van der Waals surface area contributed by atoms with Crippen molar-refractivity contribution in [1.82, 2.24) is 0 Å². The van der Waals surface area contributed by atoms with Crippen LogP contribution in [0.2, 0.25) is 0 Å². The molecule has 0 spiro atoms. The van der Waals surface area contributed by atoms with Crippen LogP contribution in [0.1, 0.15) is 21.5 Å². The topological polar surface area (TPSA) is 44.8 Å². The van der Waals surface area contributed by atoms with Gasteiger partial charge in [-0.05, 0) is 53.0 Å². The van der Waals surface area contributed by atoms with E-state index in [-0.39, 0.29) is 0 Å². The van der Waals surface area contributed by atoms with E-state index in [0.29, 0.717) is 34.7 Å². The minimum Gasteiger partial charge on any atom is -0.493 e. The van der Waals surface area contributed by atoms with Gasteiger partial charge in [-0.25, -0.2) is 0 Å². The molecule has 4 nitrogen and oxygen atoms in total. The second-order valence-corrected chi connectivity index (χ2v) is 5.92. The van der Waals surface area contributed by atoms with E-state index in [4.69, 9.17) is 14.2 Å². The quantitative estimate of drug-likeness (QED) is 0.530. The Bertz CT molecular complexity index is 677. The molecule has 0 N–H and O–H groups in total. The summed E-state index contributed by atoms with van der Waals surface area (Å²) in [5.41, 5.74) is 2.71. The van der Waals surface area contributed by atoms with Crippen LogP contribution in [0.3, 0.4) is 0 Å². The number of benzene rings is 2. The van der Waals surface area contributed by atoms with E-state index in [1.54, 1.807) is 12.1 Å². The van der Waals surface area contributed by atoms with Gasteiger partial charge in [0.1, 0.15) is 25.2 Å².